The highest BCUT2D eigenvalue weighted by Crippen LogP contribution is 2.41. The zero-order chi connectivity index (χ0) is 40.7. The van der Waals surface area contributed by atoms with E-state index in [0.717, 1.165) is 20.7 Å². The minimum absolute atomic E-state index is 1.01. The first-order chi connectivity index (χ1) is 29.6. The summed E-state index contributed by atoms with van der Waals surface area (Å²) < 4.78 is 2.49. The Morgan fingerprint density at radius 1 is 0.350 bits per heavy atom. The van der Waals surface area contributed by atoms with E-state index in [0.29, 0.717) is 0 Å². The van der Waals surface area contributed by atoms with Crippen LogP contribution in [0.25, 0.3) is 84.7 Å². The molecule has 0 saturated carbocycles. The Morgan fingerprint density at radius 3 is 1.12 bits per heavy atom. The second kappa shape index (κ2) is 19.4. The lowest BCUT2D eigenvalue weighted by Crippen LogP contribution is -1.87. The minimum Gasteiger partial charge on any atom is -0.232 e. The summed E-state index contributed by atoms with van der Waals surface area (Å²) >= 11 is 3.53. The van der Waals surface area contributed by atoms with E-state index in [9.17, 15) is 0 Å². The molecule has 306 valence electrons. The molecule has 0 bridgehead atoms. The maximum absolute atomic E-state index is 5.31. The molecule has 9 rings (SSSR count). The van der Waals surface area contributed by atoms with Crippen molar-refractivity contribution < 1.29 is 0 Å². The van der Waals surface area contributed by atoms with E-state index < -0.39 is 0 Å². The first-order valence-electron chi connectivity index (χ1n) is 23.3. The second-order valence-electron chi connectivity index (χ2n) is 17.4. The van der Waals surface area contributed by atoms with Crippen LogP contribution in [0.4, 0.5) is 0 Å². The Kier molecular flexibility index (Phi) is 13.2. The van der Waals surface area contributed by atoms with Crippen molar-refractivity contribution in [3.63, 3.8) is 0 Å². The van der Waals surface area contributed by atoms with E-state index in [1.807, 2.05) is 0 Å². The molecule has 0 atom stereocenters. The Balaban J connectivity index is 0.888. The van der Waals surface area contributed by atoms with Crippen LogP contribution in [0, 0.1) is 0 Å². The van der Waals surface area contributed by atoms with E-state index in [2.05, 4.69) is 123 Å². The van der Waals surface area contributed by atoms with Crippen LogP contribution >= 0.6 is 22.7 Å². The molecule has 0 aliphatic rings. The first kappa shape index (κ1) is 40.7. The van der Waals surface area contributed by atoms with E-state index in [1.54, 1.807) is 22.7 Å². The lowest BCUT2D eigenvalue weighted by Gasteiger charge is -2.07. The molecule has 2 nitrogen and oxygen atoms in total. The number of hydrogen-bond acceptors (Lipinski definition) is 4. The third-order valence-corrected chi connectivity index (χ3v) is 14.9. The van der Waals surface area contributed by atoms with Crippen LogP contribution in [0.3, 0.4) is 0 Å². The van der Waals surface area contributed by atoms with Gasteiger partial charge in [-0.25, -0.2) is 9.97 Å². The molecule has 0 fully saturated rings. The van der Waals surface area contributed by atoms with Gasteiger partial charge >= 0.3 is 0 Å². The van der Waals surface area contributed by atoms with E-state index in [-0.39, 0.29) is 0 Å². The van der Waals surface area contributed by atoms with Crippen molar-refractivity contribution in [1.29, 1.82) is 0 Å². The lowest BCUT2D eigenvalue weighted by molar-refractivity contribution is 0.575. The summed E-state index contributed by atoms with van der Waals surface area (Å²) in [5.41, 5.74) is 10.0. The Labute approximate surface area is 365 Å². The summed E-state index contributed by atoms with van der Waals surface area (Å²) in [6.07, 6.45) is 24.2. The molecular formula is C56H60N2S2. The SMILES string of the molecule is CCCCCCCCCCc1ccc(-c2ccc3cc4c(cc3c2)sc2nc3c(nc24)sc2cc4cc(-c5ccc(CCCCCCCCCC)cc5)ccc4cc23)cc1. The van der Waals surface area contributed by atoms with Gasteiger partial charge in [-0.3, -0.25) is 0 Å². The van der Waals surface area contributed by atoms with Gasteiger partial charge in [-0.1, -0.05) is 177 Å². The van der Waals surface area contributed by atoms with Gasteiger partial charge in [-0.05, 0) is 117 Å². The molecule has 3 heterocycles. The third kappa shape index (κ3) is 9.31. The molecule has 4 heteroatoms. The third-order valence-electron chi connectivity index (χ3n) is 12.8. The molecule has 0 saturated heterocycles. The fourth-order valence-electron chi connectivity index (χ4n) is 9.21. The highest BCUT2D eigenvalue weighted by atomic mass is 32.1. The molecular weight excluding hydrogens is 765 g/mol. The second-order valence-corrected chi connectivity index (χ2v) is 19.5. The number of hydrogen-bond donors (Lipinski definition) is 0. The maximum Gasteiger partial charge on any atom is 0.143 e. The molecule has 0 unspecified atom stereocenters. The fraction of sp³-hybridized carbons (Fsp3) is 0.357. The average molecular weight is 825 g/mol. The molecule has 60 heavy (non-hydrogen) atoms. The van der Waals surface area contributed by atoms with Crippen molar-refractivity contribution in [1.82, 2.24) is 9.97 Å². The van der Waals surface area contributed by atoms with Gasteiger partial charge in [0.2, 0.25) is 0 Å². The number of unbranched alkanes of at least 4 members (excludes halogenated alkanes) is 14. The molecule has 0 amide bonds. The number of thiophene rings is 2. The van der Waals surface area contributed by atoms with Gasteiger partial charge in [0, 0.05) is 20.2 Å². The van der Waals surface area contributed by atoms with Crippen molar-refractivity contribution >= 4 is 85.1 Å². The summed E-state index contributed by atoms with van der Waals surface area (Å²) in [4.78, 5) is 12.6. The first-order valence-corrected chi connectivity index (χ1v) is 24.9. The van der Waals surface area contributed by atoms with Crippen molar-refractivity contribution in [2.45, 2.75) is 129 Å². The van der Waals surface area contributed by atoms with Gasteiger partial charge in [0.1, 0.15) is 20.7 Å². The highest BCUT2D eigenvalue weighted by Gasteiger charge is 2.16. The summed E-state index contributed by atoms with van der Waals surface area (Å²) in [6, 6.07) is 41.7. The topological polar surface area (TPSA) is 25.8 Å². The number of benzene rings is 6. The molecule has 9 aromatic rings. The highest BCUT2D eigenvalue weighted by molar-refractivity contribution is 7.26. The van der Waals surface area contributed by atoms with Gasteiger partial charge in [-0.15, -0.1) is 22.7 Å². The monoisotopic (exact) mass is 824 g/mol. The van der Waals surface area contributed by atoms with Crippen LogP contribution in [-0.2, 0) is 12.8 Å². The van der Waals surface area contributed by atoms with Crippen molar-refractivity contribution in [2.24, 2.45) is 0 Å². The Bertz CT molecular complexity index is 2650. The molecule has 0 aliphatic heterocycles. The number of nitrogens with zero attached hydrogens (tertiary/aromatic N) is 2. The number of aryl methyl sites for hydroxylation is 2. The van der Waals surface area contributed by atoms with Gasteiger partial charge in [-0.2, -0.15) is 0 Å². The van der Waals surface area contributed by atoms with E-state index in [1.165, 1.54) is 191 Å². The fourth-order valence-corrected chi connectivity index (χ4v) is 11.3. The zero-order valence-electron chi connectivity index (χ0n) is 35.8. The zero-order valence-corrected chi connectivity index (χ0v) is 37.5. The smallest absolute Gasteiger partial charge is 0.143 e. The van der Waals surface area contributed by atoms with E-state index in [4.69, 9.17) is 9.97 Å². The quantitative estimate of drug-likeness (QED) is 0.0716. The van der Waals surface area contributed by atoms with Gasteiger partial charge in [0.25, 0.3) is 0 Å². The molecule has 0 aliphatic carbocycles. The van der Waals surface area contributed by atoms with Crippen LogP contribution in [0.2, 0.25) is 0 Å². The van der Waals surface area contributed by atoms with Gasteiger partial charge in [0.05, 0.1) is 0 Å². The summed E-state index contributed by atoms with van der Waals surface area (Å²) in [5.74, 6) is 0. The largest absolute Gasteiger partial charge is 0.232 e. The van der Waals surface area contributed by atoms with Crippen LogP contribution in [-0.4, -0.2) is 9.97 Å². The van der Waals surface area contributed by atoms with Crippen LogP contribution in [0.1, 0.15) is 128 Å². The Morgan fingerprint density at radius 2 is 0.717 bits per heavy atom. The van der Waals surface area contributed by atoms with Crippen LogP contribution < -0.4 is 0 Å². The predicted octanol–water partition coefficient (Wildman–Crippen LogP) is 18.2. The lowest BCUT2D eigenvalue weighted by atomic mass is 9.98. The number of rotatable bonds is 20. The predicted molar refractivity (Wildman–Crippen MR) is 266 cm³/mol. The number of fused-ring (bicyclic) bond motifs is 8. The summed E-state index contributed by atoms with van der Waals surface area (Å²) in [7, 11) is 0. The maximum atomic E-state index is 5.31. The molecule has 0 radical (unpaired) electrons. The average Bonchev–Trinajstić information content (AvgIpc) is 3.81. The molecule has 0 spiro atoms. The molecule has 3 aromatic heterocycles. The molecule has 0 N–H and O–H groups in total. The minimum atomic E-state index is 1.01. The molecule has 6 aromatic carbocycles. The normalized spacial score (nSPS) is 12.0. The van der Waals surface area contributed by atoms with Crippen molar-refractivity contribution in [3.8, 4) is 22.3 Å². The summed E-state index contributed by atoms with van der Waals surface area (Å²) in [5, 5.41) is 7.42. The number of aromatic nitrogens is 2. The van der Waals surface area contributed by atoms with Gasteiger partial charge in [0.15, 0.2) is 0 Å². The van der Waals surface area contributed by atoms with Crippen molar-refractivity contribution in [3.05, 3.63) is 120 Å². The van der Waals surface area contributed by atoms with Crippen LogP contribution in [0.5, 0.6) is 0 Å². The summed E-state index contributed by atoms with van der Waals surface area (Å²) in [6.45, 7) is 4.58. The van der Waals surface area contributed by atoms with Crippen LogP contribution in [0.15, 0.2) is 109 Å². The Hall–Kier alpha value is -4.64. The van der Waals surface area contributed by atoms with E-state index >= 15 is 0 Å². The standard InChI is InChI=1S/C56H60N2S2/c1-3-5-7-9-11-13-15-17-19-39-21-25-41(26-22-39)43-29-31-45-35-49-51(37-47(45)33-43)59-55-53(49)57-56-54(58-55)50-36-46-32-30-44(34-48(46)38-52(50)60-56)42-27-23-40(24-28-42)20-18-16-14-12-10-8-6-4-2/h21-38H,3-20H2,1-2H3. The van der Waals surface area contributed by atoms with Crippen molar-refractivity contribution in [2.75, 3.05) is 0 Å². The van der Waals surface area contributed by atoms with Gasteiger partial charge < -0.3 is 0 Å².